The number of anilines is 1. The number of thiophene rings is 1. The van der Waals surface area contributed by atoms with Crippen molar-refractivity contribution >= 4 is 39.0 Å². The number of para-hydroxylation sites is 1. The molecule has 0 fully saturated rings. The standard InChI is InChI=1S/C20H19N5O2S/c1-2-3-7-13-10-11-15-17(21)18(28-20(15)22-13)19(26)23-16-12-25(24-27-16)14-8-5-4-6-9-14/h4-6,8-12H,2-3,7H2,1H3,(H2-,21,23,24,26). The first-order valence-corrected chi connectivity index (χ1v) is 9.85. The Hall–Kier alpha value is -3.26. The highest BCUT2D eigenvalue weighted by molar-refractivity contribution is 7.21. The fraction of sp³-hybridized carbons (Fsp3) is 0.200. The molecule has 3 aromatic heterocycles. The predicted molar refractivity (Wildman–Crippen MR) is 107 cm³/mol. The van der Waals surface area contributed by atoms with E-state index in [1.54, 1.807) is 6.20 Å². The van der Waals surface area contributed by atoms with E-state index in [0.29, 0.717) is 10.6 Å². The van der Waals surface area contributed by atoms with Crippen molar-refractivity contribution < 1.29 is 14.3 Å². The van der Waals surface area contributed by atoms with Crippen LogP contribution in [-0.4, -0.2) is 16.2 Å². The minimum absolute atomic E-state index is 0.113. The van der Waals surface area contributed by atoms with Gasteiger partial charge in [0.25, 0.3) is 6.20 Å². The largest absolute Gasteiger partial charge is 0.857 e. The van der Waals surface area contributed by atoms with Crippen molar-refractivity contribution in [3.8, 4) is 5.69 Å². The fourth-order valence-electron chi connectivity index (χ4n) is 2.83. The van der Waals surface area contributed by atoms with E-state index in [9.17, 15) is 5.11 Å². The van der Waals surface area contributed by atoms with Crippen LogP contribution in [0.1, 0.15) is 30.3 Å². The molecule has 3 heterocycles. The number of benzene rings is 1. The quantitative estimate of drug-likeness (QED) is 0.308. The molecule has 7 nitrogen and oxygen atoms in total. The Labute approximate surface area is 165 Å². The first-order chi connectivity index (χ1) is 13.7. The molecule has 0 saturated heterocycles. The second-order valence-corrected chi connectivity index (χ2v) is 7.34. The molecular weight excluding hydrogens is 374 g/mol. The van der Waals surface area contributed by atoms with Gasteiger partial charge in [0.05, 0.1) is 10.6 Å². The monoisotopic (exact) mass is 393 g/mol. The molecule has 0 atom stereocenters. The molecule has 0 bridgehead atoms. The predicted octanol–water partition coefficient (Wildman–Crippen LogP) is 2.92. The third-order valence-electron chi connectivity index (χ3n) is 4.32. The zero-order valence-electron chi connectivity index (χ0n) is 15.3. The number of nitrogens with two attached hydrogens (primary N) is 1. The summed E-state index contributed by atoms with van der Waals surface area (Å²) in [4.78, 5) is 9.76. The fourth-order valence-corrected chi connectivity index (χ4v) is 3.83. The van der Waals surface area contributed by atoms with Gasteiger partial charge < -0.3 is 10.8 Å². The molecule has 4 aromatic rings. The summed E-state index contributed by atoms with van der Waals surface area (Å²) in [5.74, 6) is -0.353. The van der Waals surface area contributed by atoms with E-state index < -0.39 is 5.90 Å². The Morgan fingerprint density at radius 3 is 2.86 bits per heavy atom. The third-order valence-corrected chi connectivity index (χ3v) is 5.42. The van der Waals surface area contributed by atoms with Gasteiger partial charge in [0.1, 0.15) is 4.83 Å². The lowest BCUT2D eigenvalue weighted by molar-refractivity contribution is -0.670. The third kappa shape index (κ3) is 3.59. The maximum absolute atomic E-state index is 12.6. The highest BCUT2D eigenvalue weighted by Gasteiger charge is 2.15. The van der Waals surface area contributed by atoms with Gasteiger partial charge in [0, 0.05) is 29.1 Å². The first kappa shape index (κ1) is 18.1. The number of unbranched alkanes of at least 4 members (excludes halogenated alkanes) is 1. The van der Waals surface area contributed by atoms with Gasteiger partial charge in [-0.3, -0.25) is 4.52 Å². The molecule has 4 rings (SSSR count). The number of aromatic nitrogens is 3. The molecule has 0 saturated carbocycles. The van der Waals surface area contributed by atoms with Crippen molar-refractivity contribution in [2.45, 2.75) is 26.2 Å². The van der Waals surface area contributed by atoms with Crippen LogP contribution in [0.2, 0.25) is 0 Å². The van der Waals surface area contributed by atoms with E-state index in [2.05, 4.69) is 22.2 Å². The molecule has 28 heavy (non-hydrogen) atoms. The molecule has 142 valence electrons. The van der Waals surface area contributed by atoms with Gasteiger partial charge in [0.2, 0.25) is 11.0 Å². The average Bonchev–Trinajstić information content (AvgIpc) is 3.31. The van der Waals surface area contributed by atoms with Gasteiger partial charge in [-0.2, -0.15) is 0 Å². The van der Waals surface area contributed by atoms with Crippen LogP contribution in [0.4, 0.5) is 11.6 Å². The van der Waals surface area contributed by atoms with Crippen LogP contribution in [0.3, 0.4) is 0 Å². The highest BCUT2D eigenvalue weighted by Crippen LogP contribution is 2.33. The smallest absolute Gasteiger partial charge is 0.321 e. The summed E-state index contributed by atoms with van der Waals surface area (Å²) in [5.41, 5.74) is 8.40. The molecule has 0 aliphatic carbocycles. The Kier molecular flexibility index (Phi) is 5.03. The second kappa shape index (κ2) is 7.77. The summed E-state index contributed by atoms with van der Waals surface area (Å²) in [6.45, 7) is 2.14. The lowest BCUT2D eigenvalue weighted by Crippen LogP contribution is -2.30. The maximum atomic E-state index is 12.6. The summed E-state index contributed by atoms with van der Waals surface area (Å²) in [6, 6.07) is 13.3. The Bertz CT molecular complexity index is 1130. The van der Waals surface area contributed by atoms with Crippen molar-refractivity contribution in [2.75, 3.05) is 5.73 Å². The topological polar surface area (TPSA) is 104 Å². The maximum Gasteiger partial charge on any atom is 0.321 e. The lowest BCUT2D eigenvalue weighted by Gasteiger charge is -2.06. The number of aryl methyl sites for hydroxylation is 1. The van der Waals surface area contributed by atoms with Gasteiger partial charge in [-0.05, 0) is 29.7 Å². The molecule has 2 N–H and O–H groups in total. The van der Waals surface area contributed by atoms with Crippen molar-refractivity contribution in [1.82, 2.24) is 10.3 Å². The summed E-state index contributed by atoms with van der Waals surface area (Å²) in [5, 5.41) is 17.3. The molecular formula is C20H19N5O2S. The number of aliphatic imine (C=N–C) groups is 1. The molecule has 8 heteroatoms. The highest BCUT2D eigenvalue weighted by atomic mass is 32.1. The number of rotatable bonds is 6. The van der Waals surface area contributed by atoms with Crippen molar-refractivity contribution in [2.24, 2.45) is 4.99 Å². The number of hydrogen-bond donors (Lipinski definition) is 1. The number of nitrogens with zero attached hydrogens (tertiary/aromatic N) is 4. The van der Waals surface area contributed by atoms with Gasteiger partial charge in [-0.15, -0.1) is 11.3 Å². The number of hydrogen-bond acceptors (Lipinski definition) is 7. The van der Waals surface area contributed by atoms with Crippen LogP contribution >= 0.6 is 11.3 Å². The van der Waals surface area contributed by atoms with E-state index in [1.807, 2.05) is 42.5 Å². The van der Waals surface area contributed by atoms with E-state index in [1.165, 1.54) is 16.0 Å². The molecule has 0 aliphatic heterocycles. The minimum atomic E-state index is -0.466. The van der Waals surface area contributed by atoms with E-state index >= 15 is 0 Å². The van der Waals surface area contributed by atoms with Crippen molar-refractivity contribution in [1.29, 1.82) is 0 Å². The van der Waals surface area contributed by atoms with Gasteiger partial charge >= 0.3 is 5.88 Å². The summed E-state index contributed by atoms with van der Waals surface area (Å²) >= 11 is 1.25. The summed E-state index contributed by atoms with van der Waals surface area (Å²) in [6.07, 6.45) is 4.65. The average molecular weight is 393 g/mol. The molecule has 1 aromatic carbocycles. The van der Waals surface area contributed by atoms with Gasteiger partial charge in [0.15, 0.2) is 0 Å². The van der Waals surface area contributed by atoms with E-state index in [4.69, 9.17) is 10.3 Å². The number of nitrogen functional groups attached to an aromatic ring is 1. The Morgan fingerprint density at radius 2 is 2.07 bits per heavy atom. The number of fused-ring (bicyclic) bond motifs is 1. The van der Waals surface area contributed by atoms with E-state index in [-0.39, 0.29) is 5.88 Å². The van der Waals surface area contributed by atoms with Crippen LogP contribution < -0.4 is 15.5 Å². The van der Waals surface area contributed by atoms with Crippen molar-refractivity contribution in [3.63, 3.8) is 0 Å². The molecule has 0 unspecified atom stereocenters. The number of pyridine rings is 1. The van der Waals surface area contributed by atoms with Gasteiger partial charge in [-0.1, -0.05) is 31.5 Å². The van der Waals surface area contributed by atoms with Crippen LogP contribution in [-0.2, 0) is 6.42 Å². The Balaban J connectivity index is 1.64. The molecule has 0 amide bonds. The van der Waals surface area contributed by atoms with Crippen LogP contribution in [0.25, 0.3) is 15.9 Å². The molecule has 0 radical (unpaired) electrons. The van der Waals surface area contributed by atoms with Crippen LogP contribution in [0.5, 0.6) is 0 Å². The first-order valence-electron chi connectivity index (χ1n) is 9.03. The summed E-state index contributed by atoms with van der Waals surface area (Å²) < 4.78 is 6.68. The van der Waals surface area contributed by atoms with Gasteiger partial charge in [-0.25, -0.2) is 9.98 Å². The zero-order chi connectivity index (χ0) is 19.5. The zero-order valence-corrected chi connectivity index (χ0v) is 16.1. The SMILES string of the molecule is CCCCc1ccc2c(N)c(/C([O-])=N/c3c[n+](-c4ccccc4)no3)sc2n1. The van der Waals surface area contributed by atoms with Crippen LogP contribution in [0, 0.1) is 0 Å². The Morgan fingerprint density at radius 1 is 1.25 bits per heavy atom. The minimum Gasteiger partial charge on any atom is -0.857 e. The lowest BCUT2D eigenvalue weighted by atomic mass is 10.1. The van der Waals surface area contributed by atoms with E-state index in [0.717, 1.165) is 40.9 Å². The second-order valence-electron chi connectivity index (χ2n) is 6.34. The molecule has 0 aliphatic rings. The van der Waals surface area contributed by atoms with Crippen molar-refractivity contribution in [3.05, 3.63) is 59.2 Å². The molecule has 0 spiro atoms. The van der Waals surface area contributed by atoms with Crippen LogP contribution in [0.15, 0.2) is 58.2 Å². The normalized spacial score (nSPS) is 12.0. The summed E-state index contributed by atoms with van der Waals surface area (Å²) in [7, 11) is 0.